The van der Waals surface area contributed by atoms with Crippen LogP contribution in [0.25, 0.3) is 5.69 Å². The van der Waals surface area contributed by atoms with E-state index in [4.69, 9.17) is 5.73 Å². The first-order valence-corrected chi connectivity index (χ1v) is 5.06. The molecular weight excluding hydrogens is 220 g/mol. The van der Waals surface area contributed by atoms with Crippen LogP contribution in [0.1, 0.15) is 11.3 Å². The highest BCUT2D eigenvalue weighted by atomic mass is 16.6. The largest absolute Gasteiger partial charge is 0.382 e. The minimum absolute atomic E-state index is 0.0732. The smallest absolute Gasteiger partial charge is 0.269 e. The van der Waals surface area contributed by atoms with E-state index in [1.54, 1.807) is 23.7 Å². The van der Waals surface area contributed by atoms with E-state index < -0.39 is 4.92 Å². The Balaban J connectivity index is 2.54. The predicted molar refractivity (Wildman–Crippen MR) is 64.1 cm³/mol. The molecule has 0 aliphatic carbocycles. The van der Waals surface area contributed by atoms with Gasteiger partial charge in [-0.25, -0.2) is 4.68 Å². The molecular formula is C11H12N4O2. The van der Waals surface area contributed by atoms with Gasteiger partial charge in [-0.1, -0.05) is 0 Å². The molecule has 88 valence electrons. The quantitative estimate of drug-likeness (QED) is 0.633. The lowest BCUT2D eigenvalue weighted by Crippen LogP contribution is -2.02. The second-order valence-corrected chi connectivity index (χ2v) is 3.85. The summed E-state index contributed by atoms with van der Waals surface area (Å²) in [6.45, 7) is 3.68. The van der Waals surface area contributed by atoms with Crippen LogP contribution in [0, 0.1) is 24.0 Å². The molecule has 2 aromatic rings. The van der Waals surface area contributed by atoms with Crippen molar-refractivity contribution in [2.45, 2.75) is 13.8 Å². The second-order valence-electron chi connectivity index (χ2n) is 3.85. The van der Waals surface area contributed by atoms with Gasteiger partial charge in [0.05, 0.1) is 10.6 Å². The number of benzene rings is 1. The summed E-state index contributed by atoms with van der Waals surface area (Å²) in [6.07, 6.45) is 0. The van der Waals surface area contributed by atoms with Crippen molar-refractivity contribution in [2.24, 2.45) is 0 Å². The number of anilines is 1. The number of rotatable bonds is 2. The summed E-state index contributed by atoms with van der Waals surface area (Å²) in [7, 11) is 0. The van der Waals surface area contributed by atoms with E-state index in [0.717, 1.165) is 16.9 Å². The first kappa shape index (κ1) is 11.1. The van der Waals surface area contributed by atoms with Crippen LogP contribution in [0.15, 0.2) is 24.3 Å². The van der Waals surface area contributed by atoms with Crippen molar-refractivity contribution in [3.8, 4) is 5.69 Å². The lowest BCUT2D eigenvalue weighted by molar-refractivity contribution is -0.384. The Morgan fingerprint density at radius 1 is 1.35 bits per heavy atom. The molecule has 0 aliphatic heterocycles. The number of aryl methyl sites for hydroxylation is 2. The average Bonchev–Trinajstić information content (AvgIpc) is 2.57. The van der Waals surface area contributed by atoms with E-state index in [0.29, 0.717) is 5.82 Å². The number of nitrogens with zero attached hydrogens (tertiary/aromatic N) is 3. The van der Waals surface area contributed by atoms with Crippen molar-refractivity contribution in [1.29, 1.82) is 0 Å². The number of non-ortho nitro benzene ring substituents is 1. The fourth-order valence-corrected chi connectivity index (χ4v) is 1.73. The number of nitrogen functional groups attached to an aromatic ring is 1. The fourth-order valence-electron chi connectivity index (χ4n) is 1.73. The fraction of sp³-hybridized carbons (Fsp3) is 0.182. The van der Waals surface area contributed by atoms with Crippen molar-refractivity contribution in [2.75, 3.05) is 5.73 Å². The van der Waals surface area contributed by atoms with E-state index in [-0.39, 0.29) is 5.69 Å². The summed E-state index contributed by atoms with van der Waals surface area (Å²) >= 11 is 0. The summed E-state index contributed by atoms with van der Waals surface area (Å²) in [5.41, 5.74) is 8.15. The van der Waals surface area contributed by atoms with Gasteiger partial charge in [0.2, 0.25) is 0 Å². The lowest BCUT2D eigenvalue weighted by Gasteiger charge is -2.07. The van der Waals surface area contributed by atoms with E-state index in [1.165, 1.54) is 12.1 Å². The molecule has 2 N–H and O–H groups in total. The molecule has 0 aliphatic rings. The van der Waals surface area contributed by atoms with Crippen molar-refractivity contribution in [1.82, 2.24) is 9.78 Å². The molecule has 17 heavy (non-hydrogen) atoms. The van der Waals surface area contributed by atoms with Gasteiger partial charge in [-0.05, 0) is 25.5 Å². The zero-order chi connectivity index (χ0) is 12.6. The van der Waals surface area contributed by atoms with Crippen LogP contribution >= 0.6 is 0 Å². The van der Waals surface area contributed by atoms with Gasteiger partial charge in [0.25, 0.3) is 5.69 Å². The van der Waals surface area contributed by atoms with Gasteiger partial charge in [0, 0.05) is 23.9 Å². The maximum atomic E-state index is 10.6. The molecule has 0 atom stereocenters. The molecule has 1 aromatic carbocycles. The van der Waals surface area contributed by atoms with Crippen LogP contribution in [0.3, 0.4) is 0 Å². The number of nitrogens with two attached hydrogens (primary N) is 1. The Hall–Kier alpha value is -2.37. The molecule has 1 aromatic heterocycles. The highest BCUT2D eigenvalue weighted by Crippen LogP contribution is 2.21. The molecule has 6 nitrogen and oxygen atoms in total. The van der Waals surface area contributed by atoms with Gasteiger partial charge in [-0.15, -0.1) is 0 Å². The SMILES string of the molecule is Cc1cc([N+](=O)[O-])ccc1-n1nc(N)cc1C. The molecule has 2 rings (SSSR count). The van der Waals surface area contributed by atoms with Crippen molar-refractivity contribution < 1.29 is 4.92 Å². The van der Waals surface area contributed by atoms with Gasteiger partial charge in [0.15, 0.2) is 0 Å². The second kappa shape index (κ2) is 3.89. The number of hydrogen-bond acceptors (Lipinski definition) is 4. The van der Waals surface area contributed by atoms with Crippen LogP contribution in [0.2, 0.25) is 0 Å². The first-order chi connectivity index (χ1) is 7.99. The van der Waals surface area contributed by atoms with Gasteiger partial charge in [-0.2, -0.15) is 5.10 Å². The number of nitro benzene ring substituents is 1. The van der Waals surface area contributed by atoms with Crippen molar-refractivity contribution in [3.05, 3.63) is 45.6 Å². The number of aromatic nitrogens is 2. The van der Waals surface area contributed by atoms with Gasteiger partial charge < -0.3 is 5.73 Å². The van der Waals surface area contributed by atoms with Crippen LogP contribution in [-0.2, 0) is 0 Å². The summed E-state index contributed by atoms with van der Waals surface area (Å²) in [5.74, 6) is 0.431. The number of hydrogen-bond donors (Lipinski definition) is 1. The van der Waals surface area contributed by atoms with E-state index in [9.17, 15) is 10.1 Å². The summed E-state index contributed by atoms with van der Waals surface area (Å²) in [6, 6.07) is 6.40. The maximum Gasteiger partial charge on any atom is 0.269 e. The molecule has 0 amide bonds. The molecule has 0 unspecified atom stereocenters. The van der Waals surface area contributed by atoms with Crippen LogP contribution in [-0.4, -0.2) is 14.7 Å². The first-order valence-electron chi connectivity index (χ1n) is 5.06. The van der Waals surface area contributed by atoms with E-state index in [2.05, 4.69) is 5.10 Å². The zero-order valence-corrected chi connectivity index (χ0v) is 9.54. The van der Waals surface area contributed by atoms with E-state index in [1.807, 2.05) is 6.92 Å². The highest BCUT2D eigenvalue weighted by Gasteiger charge is 2.11. The molecule has 0 saturated heterocycles. The molecule has 6 heteroatoms. The molecule has 0 spiro atoms. The monoisotopic (exact) mass is 232 g/mol. The highest BCUT2D eigenvalue weighted by molar-refractivity contribution is 5.49. The predicted octanol–water partition coefficient (Wildman–Crippen LogP) is 1.98. The Morgan fingerprint density at radius 2 is 2.06 bits per heavy atom. The third kappa shape index (κ3) is 1.96. The van der Waals surface area contributed by atoms with Gasteiger partial charge >= 0.3 is 0 Å². The third-order valence-corrected chi connectivity index (χ3v) is 2.53. The Morgan fingerprint density at radius 3 is 2.53 bits per heavy atom. The molecule has 0 fully saturated rings. The lowest BCUT2D eigenvalue weighted by atomic mass is 10.2. The number of nitro groups is 1. The Bertz CT molecular complexity index is 589. The van der Waals surface area contributed by atoms with Crippen molar-refractivity contribution >= 4 is 11.5 Å². The van der Waals surface area contributed by atoms with Crippen molar-refractivity contribution in [3.63, 3.8) is 0 Å². The zero-order valence-electron chi connectivity index (χ0n) is 9.54. The maximum absolute atomic E-state index is 10.6. The minimum atomic E-state index is -0.416. The average molecular weight is 232 g/mol. The molecule has 0 saturated carbocycles. The normalized spacial score (nSPS) is 10.5. The summed E-state index contributed by atoms with van der Waals surface area (Å²) in [5, 5.41) is 14.8. The van der Waals surface area contributed by atoms with Gasteiger partial charge in [-0.3, -0.25) is 10.1 Å². The van der Waals surface area contributed by atoms with Crippen LogP contribution in [0.4, 0.5) is 11.5 Å². The van der Waals surface area contributed by atoms with Gasteiger partial charge in [0.1, 0.15) is 5.82 Å². The summed E-state index contributed by atoms with van der Waals surface area (Å²) < 4.78 is 1.67. The van der Waals surface area contributed by atoms with Crippen LogP contribution < -0.4 is 5.73 Å². The summed E-state index contributed by atoms with van der Waals surface area (Å²) in [4.78, 5) is 10.2. The van der Waals surface area contributed by atoms with Crippen LogP contribution in [0.5, 0.6) is 0 Å². The topological polar surface area (TPSA) is 87.0 Å². The standard InChI is InChI=1S/C11H12N4O2/c1-7-5-9(15(16)17)3-4-10(7)14-8(2)6-11(12)13-14/h3-6H,1-2H3,(H2,12,13). The minimum Gasteiger partial charge on any atom is -0.382 e. The Labute approximate surface area is 97.8 Å². The molecule has 0 bridgehead atoms. The molecule has 0 radical (unpaired) electrons. The molecule has 1 heterocycles. The third-order valence-electron chi connectivity index (χ3n) is 2.53. The van der Waals surface area contributed by atoms with E-state index >= 15 is 0 Å². The Kier molecular flexibility index (Phi) is 2.55.